The largest absolute Gasteiger partial charge is 0.391 e. The molecule has 3 fully saturated rings. The third-order valence-electron chi connectivity index (χ3n) is 14.2. The zero-order valence-corrected chi connectivity index (χ0v) is 45.7. The Hall–Kier alpha value is -5.57. The number of aryl methyl sites for hydroxylation is 2. The number of amides is 4. The summed E-state index contributed by atoms with van der Waals surface area (Å²) in [7, 11) is 0. The first-order chi connectivity index (χ1) is 36.1. The number of β-amino-alcohol motifs (C(OH)–C–C–N with tert-alkyl or cyclic N) is 1. The average Bonchev–Trinajstić information content (AvgIpc) is 4.22. The van der Waals surface area contributed by atoms with Crippen molar-refractivity contribution < 1.29 is 38.5 Å². The highest BCUT2D eigenvalue weighted by atomic mass is 32.1. The maximum absolute atomic E-state index is 14.0. The lowest BCUT2D eigenvalue weighted by atomic mass is 9.85. The Morgan fingerprint density at radius 2 is 1.65 bits per heavy atom. The van der Waals surface area contributed by atoms with Gasteiger partial charge in [-0.25, -0.2) is 4.98 Å². The van der Waals surface area contributed by atoms with Gasteiger partial charge in [-0.05, 0) is 104 Å². The van der Waals surface area contributed by atoms with Crippen molar-refractivity contribution in [3.63, 3.8) is 0 Å². The van der Waals surface area contributed by atoms with Crippen LogP contribution < -0.4 is 31.9 Å². The highest BCUT2D eigenvalue weighted by Gasteiger charge is 2.44. The molecule has 3 aromatic carbocycles. The van der Waals surface area contributed by atoms with Crippen molar-refractivity contribution in [1.82, 2.24) is 36.5 Å². The number of anilines is 1. The normalized spacial score (nSPS) is 19.6. The number of nitrogens with one attached hydrogen (secondary N) is 6. The molecule has 1 aliphatic carbocycles. The molecule has 4 amide bonds. The number of thiazole rings is 1. The molecule has 2 aliphatic heterocycles. The third-order valence-corrected chi connectivity index (χ3v) is 16.3. The summed E-state index contributed by atoms with van der Waals surface area (Å²) >= 11 is 3.35. The zero-order chi connectivity index (χ0) is 53.1. The maximum Gasteiger partial charge on any atom is 0.252 e. The Kier molecular flexibility index (Phi) is 19.3. The van der Waals surface area contributed by atoms with E-state index in [0.29, 0.717) is 30.9 Å². The van der Waals surface area contributed by atoms with Crippen LogP contribution in [0.4, 0.5) is 5.69 Å². The van der Waals surface area contributed by atoms with Crippen molar-refractivity contribution in [3.8, 4) is 20.9 Å². The fraction of sp³-hybridized carbons (Fsp3) is 0.491. The van der Waals surface area contributed by atoms with Crippen LogP contribution in [0.15, 0.2) is 84.4 Å². The summed E-state index contributed by atoms with van der Waals surface area (Å²) in [6.07, 6.45) is 2.32. The molecule has 2 saturated heterocycles. The van der Waals surface area contributed by atoms with Crippen LogP contribution in [0.25, 0.3) is 20.9 Å². The molecule has 4 heterocycles. The number of ether oxygens (including phenoxy) is 3. The lowest BCUT2D eigenvalue weighted by Gasteiger charge is -2.35. The third kappa shape index (κ3) is 15.3. The van der Waals surface area contributed by atoms with Crippen LogP contribution >= 0.6 is 22.7 Å². The molecular weight excluding hydrogens is 989 g/mol. The molecule has 5 aromatic rings. The highest BCUT2D eigenvalue weighted by molar-refractivity contribution is 7.15. The Morgan fingerprint density at radius 1 is 0.867 bits per heavy atom. The van der Waals surface area contributed by atoms with Gasteiger partial charge in [0.2, 0.25) is 17.7 Å². The summed E-state index contributed by atoms with van der Waals surface area (Å²) in [5, 5.41) is 30.1. The van der Waals surface area contributed by atoms with E-state index in [1.807, 2.05) is 89.5 Å². The van der Waals surface area contributed by atoms with Crippen LogP contribution in [0.2, 0.25) is 0 Å². The Bertz CT molecular complexity index is 2720. The van der Waals surface area contributed by atoms with E-state index in [9.17, 15) is 24.3 Å². The first kappa shape index (κ1) is 55.7. The van der Waals surface area contributed by atoms with Crippen LogP contribution in [0.3, 0.4) is 0 Å². The first-order valence-corrected chi connectivity index (χ1v) is 27.9. The van der Waals surface area contributed by atoms with E-state index in [-0.39, 0.29) is 63.3 Å². The van der Waals surface area contributed by atoms with Crippen LogP contribution in [0, 0.1) is 19.3 Å². The molecule has 75 heavy (non-hydrogen) atoms. The summed E-state index contributed by atoms with van der Waals surface area (Å²) in [5.74, 6) is -1.34. The minimum Gasteiger partial charge on any atom is -0.391 e. The molecule has 1 saturated carbocycles. The van der Waals surface area contributed by atoms with E-state index < -0.39 is 35.4 Å². The van der Waals surface area contributed by atoms with Gasteiger partial charge in [0.1, 0.15) is 18.7 Å². The van der Waals surface area contributed by atoms with Gasteiger partial charge in [-0.2, -0.15) is 0 Å². The SMILES string of the molecule is Cc1ccc(NC2CNC2)cc1C(=O)N[C@H](C)c1cccc(-c2ccc(CN[C@H]3CC[C@@H](OCCOCCOCC(=O)N[C@H](C(=O)N4C[C@H](O)C[C@H]4C(=O)NCc4ccc(-c5scnc5C)cc4)C(C)(C)C)C3)s2)c1. The minimum absolute atomic E-state index is 0.00844. The van der Waals surface area contributed by atoms with Crippen molar-refractivity contribution in [2.75, 3.05) is 58.0 Å². The summed E-state index contributed by atoms with van der Waals surface area (Å²) in [6, 6.07) is 25.4. The van der Waals surface area contributed by atoms with Gasteiger partial charge >= 0.3 is 0 Å². The fourth-order valence-electron chi connectivity index (χ4n) is 9.69. The van der Waals surface area contributed by atoms with Crippen molar-refractivity contribution in [1.29, 1.82) is 0 Å². The second-order valence-electron chi connectivity index (χ2n) is 21.1. The molecule has 8 rings (SSSR count). The molecule has 2 aromatic heterocycles. The predicted molar refractivity (Wildman–Crippen MR) is 295 cm³/mol. The molecule has 16 nitrogen and oxygen atoms in total. The van der Waals surface area contributed by atoms with Gasteiger partial charge < -0.3 is 56.1 Å². The second-order valence-corrected chi connectivity index (χ2v) is 23.1. The average molecular weight is 1060 g/mol. The van der Waals surface area contributed by atoms with Gasteiger partial charge in [0.25, 0.3) is 5.91 Å². The van der Waals surface area contributed by atoms with Crippen LogP contribution in [0.5, 0.6) is 0 Å². The molecule has 0 spiro atoms. The van der Waals surface area contributed by atoms with Crippen molar-refractivity contribution in [3.05, 3.63) is 117 Å². The summed E-state index contributed by atoms with van der Waals surface area (Å²) < 4.78 is 17.5. The van der Waals surface area contributed by atoms with E-state index in [2.05, 4.69) is 73.3 Å². The number of aromatic nitrogens is 1. The van der Waals surface area contributed by atoms with Gasteiger partial charge in [-0.1, -0.05) is 69.3 Å². The monoisotopic (exact) mass is 1060 g/mol. The number of likely N-dealkylation sites (tertiary alicyclic amines) is 1. The van der Waals surface area contributed by atoms with Gasteiger partial charge in [0.05, 0.1) is 66.8 Å². The van der Waals surface area contributed by atoms with Gasteiger partial charge in [-0.15, -0.1) is 22.7 Å². The number of thiophene rings is 1. The van der Waals surface area contributed by atoms with Crippen LogP contribution in [-0.2, 0) is 41.7 Å². The van der Waals surface area contributed by atoms with Crippen molar-refractivity contribution >= 4 is 52.0 Å². The van der Waals surface area contributed by atoms with E-state index >= 15 is 0 Å². The smallest absolute Gasteiger partial charge is 0.252 e. The fourth-order valence-corrected chi connectivity index (χ4v) is 11.5. The summed E-state index contributed by atoms with van der Waals surface area (Å²) in [6.45, 7) is 15.4. The van der Waals surface area contributed by atoms with E-state index in [4.69, 9.17) is 14.2 Å². The van der Waals surface area contributed by atoms with Crippen LogP contribution in [0.1, 0.15) is 97.0 Å². The first-order valence-electron chi connectivity index (χ1n) is 26.2. The number of rotatable bonds is 24. The lowest BCUT2D eigenvalue weighted by Crippen LogP contribution is -2.58. The molecular formula is C57H74N8O8S2. The number of carbonyl (C=O) groups excluding carboxylic acids is 4. The molecule has 18 heteroatoms. The Labute approximate surface area is 449 Å². The highest BCUT2D eigenvalue weighted by Crippen LogP contribution is 2.32. The van der Waals surface area contributed by atoms with E-state index in [1.54, 1.807) is 22.7 Å². The molecule has 3 aliphatic rings. The zero-order valence-electron chi connectivity index (χ0n) is 44.0. The molecule has 7 N–H and O–H groups in total. The summed E-state index contributed by atoms with van der Waals surface area (Å²) in [4.78, 5) is 63.2. The molecule has 0 unspecified atom stereocenters. The number of nitrogens with zero attached hydrogens (tertiary/aromatic N) is 2. The van der Waals surface area contributed by atoms with Gasteiger partial charge in [0.15, 0.2) is 0 Å². The minimum atomic E-state index is -0.955. The summed E-state index contributed by atoms with van der Waals surface area (Å²) in [5.41, 5.74) is 8.82. The molecule has 0 bridgehead atoms. The second kappa shape index (κ2) is 26.0. The van der Waals surface area contributed by atoms with E-state index in [0.717, 1.165) is 83.0 Å². The number of carbonyl (C=O) groups is 4. The number of aliphatic hydroxyl groups excluding tert-OH is 1. The lowest BCUT2D eigenvalue weighted by molar-refractivity contribution is -0.144. The standard InChI is InChI=1S/C57H74N8O8S2/c1-35-10-15-43(63-44-29-58-30-44)26-48(35)54(68)62-36(2)40-8-7-9-41(24-40)50-19-18-47(75-50)31-59-42-16-17-46(25-42)73-23-22-71-20-21-72-33-51(67)64-53(57(4,5)6)56(70)65-32-45(66)27-49(65)55(69)60-28-38-11-13-39(14-12-38)52-37(3)61-34-74-52/h7-15,18-19,24,26,34,36,42,44-46,49,53,58-59,63,66H,16-17,20-23,25,27-33H2,1-6H3,(H,60,69)(H,62,68)(H,64,67)/t36-,42+,45-,46-,49+,53-/m1/s1. The Morgan fingerprint density at radius 3 is 2.40 bits per heavy atom. The number of hydrogen-bond donors (Lipinski definition) is 7. The molecule has 402 valence electrons. The van der Waals surface area contributed by atoms with E-state index in [1.165, 1.54) is 14.7 Å². The van der Waals surface area contributed by atoms with Gasteiger partial charge in [0, 0.05) is 66.2 Å². The number of hydrogen-bond acceptors (Lipinski definition) is 14. The quantitative estimate of drug-likeness (QED) is 0.0316. The van der Waals surface area contributed by atoms with Crippen molar-refractivity contribution in [2.24, 2.45) is 5.41 Å². The van der Waals surface area contributed by atoms with Gasteiger partial charge in [-0.3, -0.25) is 19.2 Å². The number of benzene rings is 3. The topological polar surface area (TPSA) is 205 Å². The maximum atomic E-state index is 14.0. The molecule has 6 atom stereocenters. The Balaban J connectivity index is 0.690. The van der Waals surface area contributed by atoms with Crippen LogP contribution in [-0.4, -0.2) is 128 Å². The predicted octanol–water partition coefficient (Wildman–Crippen LogP) is 6.90. The van der Waals surface area contributed by atoms with Crippen molar-refractivity contribution in [2.45, 2.75) is 123 Å². The number of aliphatic hydroxyl groups is 1. The molecule has 0 radical (unpaired) electrons.